The number of nitrogens with one attached hydrogen (secondary N) is 1. The van der Waals surface area contributed by atoms with Crippen LogP contribution in [0.15, 0.2) is 84.2 Å². The van der Waals surface area contributed by atoms with Gasteiger partial charge in [-0.15, -0.1) is 11.6 Å². The Morgan fingerprint density at radius 2 is 1.71 bits per heavy atom. The highest BCUT2D eigenvalue weighted by Crippen LogP contribution is 2.29. The molecule has 0 saturated heterocycles. The third-order valence-corrected chi connectivity index (χ3v) is 6.68. The summed E-state index contributed by atoms with van der Waals surface area (Å²) in [7, 11) is 2.15. The number of hydrogen-bond acceptors (Lipinski definition) is 3. The Morgan fingerprint density at radius 1 is 1.00 bits per heavy atom. The SMILES string of the molecule is CC.CC1=CCC=C(OCCCCCl)C=C1.CC=O.CN1CCc2c([nH]c3ccc(Cl)cc23)C1.Clc1ccccc1. The number of nitrogens with zero attached hydrogens (tertiary/aromatic N) is 1. The first-order valence-electron chi connectivity index (χ1n) is 14.2. The lowest BCUT2D eigenvalue weighted by atomic mass is 10.0. The highest BCUT2D eigenvalue weighted by Gasteiger charge is 2.17. The van der Waals surface area contributed by atoms with Crippen LogP contribution < -0.4 is 0 Å². The fraction of sp³-hybridized carbons (Fsp3) is 0.382. The van der Waals surface area contributed by atoms with Crippen LogP contribution in [-0.2, 0) is 22.5 Å². The summed E-state index contributed by atoms with van der Waals surface area (Å²) in [4.78, 5) is 14.6. The van der Waals surface area contributed by atoms with E-state index in [0.29, 0.717) is 0 Å². The van der Waals surface area contributed by atoms with Crippen molar-refractivity contribution >= 4 is 52.0 Å². The highest BCUT2D eigenvalue weighted by molar-refractivity contribution is 6.31. The minimum atomic E-state index is 0.721. The molecule has 0 atom stereocenters. The van der Waals surface area contributed by atoms with E-state index in [4.69, 9.17) is 44.3 Å². The Balaban J connectivity index is 0.000000299. The summed E-state index contributed by atoms with van der Waals surface area (Å²) in [5.74, 6) is 1.70. The van der Waals surface area contributed by atoms with E-state index in [9.17, 15) is 0 Å². The van der Waals surface area contributed by atoms with Gasteiger partial charge in [-0.3, -0.25) is 0 Å². The van der Waals surface area contributed by atoms with Crippen molar-refractivity contribution in [2.45, 2.75) is 59.9 Å². The van der Waals surface area contributed by atoms with Crippen LogP contribution in [0.2, 0.25) is 10.0 Å². The molecule has 2 heterocycles. The number of H-pyrrole nitrogens is 1. The molecule has 0 radical (unpaired) electrons. The van der Waals surface area contributed by atoms with Crippen molar-refractivity contribution in [3.63, 3.8) is 0 Å². The fourth-order valence-electron chi connectivity index (χ4n) is 3.97. The van der Waals surface area contributed by atoms with Crippen LogP contribution in [0.3, 0.4) is 0 Å². The van der Waals surface area contributed by atoms with Gasteiger partial charge in [-0.05, 0) is 94.6 Å². The summed E-state index contributed by atoms with van der Waals surface area (Å²) in [6.07, 6.45) is 13.3. The number of carbonyl (C=O) groups excluding carboxylic acids is 1. The van der Waals surface area contributed by atoms with E-state index in [0.717, 1.165) is 73.4 Å². The van der Waals surface area contributed by atoms with Crippen LogP contribution in [0.4, 0.5) is 0 Å². The molecule has 3 aromatic rings. The van der Waals surface area contributed by atoms with Gasteiger partial charge in [0.1, 0.15) is 12.0 Å². The van der Waals surface area contributed by atoms with Gasteiger partial charge in [-0.1, -0.05) is 73.0 Å². The summed E-state index contributed by atoms with van der Waals surface area (Å²) < 4.78 is 5.60. The molecular weight excluding hydrogens is 575 g/mol. The zero-order valence-electron chi connectivity index (χ0n) is 25.1. The van der Waals surface area contributed by atoms with Crippen molar-refractivity contribution in [1.29, 1.82) is 0 Å². The molecule has 0 spiro atoms. The number of allylic oxidation sites excluding steroid dienone is 5. The van der Waals surface area contributed by atoms with Crippen LogP contribution in [-0.4, -0.2) is 42.2 Å². The Bertz CT molecular complexity index is 1230. The predicted octanol–water partition coefficient (Wildman–Crippen LogP) is 10.2. The standard InChI is InChI=1S/C12H13ClN2.C12H17ClO.C6H5Cl.C2H4O.C2H6/c1-15-5-4-9-10-6-8(13)2-3-11(10)14-12(9)7-15;1-11-5-4-6-12(8-7-11)14-10-3-2-9-13;7-6-4-2-1-3-5-6;1-2-3;1-2/h2-3,6,14H,4-5,7H2,1H3;5-8H,2-4,9-10H2,1H3;1-5H;2H,1H3;1-2H3. The molecule has 4 nitrogen and oxygen atoms in total. The molecule has 5 rings (SSSR count). The average molecular weight is 620 g/mol. The number of aromatic amines is 1. The molecule has 0 unspecified atom stereocenters. The number of ether oxygens (including phenoxy) is 1. The Labute approximate surface area is 262 Å². The van der Waals surface area contributed by atoms with Crippen molar-refractivity contribution in [2.75, 3.05) is 26.1 Å². The minimum absolute atomic E-state index is 0.721. The van der Waals surface area contributed by atoms with E-state index in [-0.39, 0.29) is 0 Å². The number of aldehydes is 1. The predicted molar refractivity (Wildman–Crippen MR) is 179 cm³/mol. The largest absolute Gasteiger partial charge is 0.494 e. The zero-order chi connectivity index (χ0) is 30.5. The molecule has 41 heavy (non-hydrogen) atoms. The third-order valence-electron chi connectivity index (χ3n) is 5.93. The molecule has 0 bridgehead atoms. The van der Waals surface area contributed by atoms with Gasteiger partial charge in [-0.2, -0.15) is 0 Å². The van der Waals surface area contributed by atoms with Crippen LogP contribution in [0.1, 0.15) is 58.2 Å². The second kappa shape index (κ2) is 22.1. The minimum Gasteiger partial charge on any atom is -0.494 e. The van der Waals surface area contributed by atoms with E-state index >= 15 is 0 Å². The van der Waals surface area contributed by atoms with Crippen molar-refractivity contribution in [2.24, 2.45) is 0 Å². The van der Waals surface area contributed by atoms with Crippen molar-refractivity contribution in [3.05, 3.63) is 105 Å². The van der Waals surface area contributed by atoms with E-state index in [1.54, 1.807) is 0 Å². The molecule has 1 aromatic heterocycles. The van der Waals surface area contributed by atoms with Gasteiger partial charge in [0.25, 0.3) is 0 Å². The van der Waals surface area contributed by atoms with Gasteiger partial charge in [0, 0.05) is 45.6 Å². The number of unbranched alkanes of at least 4 members (excludes halogenated alkanes) is 1. The Morgan fingerprint density at radius 3 is 2.34 bits per heavy atom. The maximum atomic E-state index is 8.81. The molecule has 2 aromatic carbocycles. The van der Waals surface area contributed by atoms with Crippen LogP contribution in [0.5, 0.6) is 0 Å². The number of alkyl halides is 1. The van der Waals surface area contributed by atoms with Gasteiger partial charge in [0.05, 0.1) is 6.61 Å². The first kappa shape index (κ1) is 36.5. The van der Waals surface area contributed by atoms with Gasteiger partial charge in [-0.25, -0.2) is 0 Å². The molecule has 0 amide bonds. The fourth-order valence-corrected chi connectivity index (χ4v) is 4.47. The molecule has 0 saturated carbocycles. The number of hydrogen-bond donors (Lipinski definition) is 1. The van der Waals surface area contributed by atoms with E-state index in [2.05, 4.69) is 54.2 Å². The topological polar surface area (TPSA) is 45.3 Å². The van der Waals surface area contributed by atoms with Crippen molar-refractivity contribution in [3.8, 4) is 0 Å². The van der Waals surface area contributed by atoms with Crippen LogP contribution in [0, 0.1) is 0 Å². The number of carbonyl (C=O) groups is 1. The normalized spacial score (nSPS) is 13.6. The third kappa shape index (κ3) is 14.8. The molecule has 1 N–H and O–H groups in total. The van der Waals surface area contributed by atoms with E-state index in [1.807, 2.05) is 56.3 Å². The lowest BCUT2D eigenvalue weighted by Gasteiger charge is -2.22. The monoisotopic (exact) mass is 618 g/mol. The number of aromatic nitrogens is 1. The number of fused-ring (bicyclic) bond motifs is 3. The first-order chi connectivity index (χ1) is 19.9. The number of rotatable bonds is 5. The molecule has 1 aliphatic heterocycles. The molecule has 2 aliphatic rings. The van der Waals surface area contributed by atoms with Gasteiger partial charge < -0.3 is 19.4 Å². The van der Waals surface area contributed by atoms with Gasteiger partial charge in [0.15, 0.2) is 0 Å². The van der Waals surface area contributed by atoms with Gasteiger partial charge >= 0.3 is 0 Å². The lowest BCUT2D eigenvalue weighted by molar-refractivity contribution is -0.106. The molecule has 224 valence electrons. The summed E-state index contributed by atoms with van der Waals surface area (Å²) in [6.45, 7) is 10.5. The van der Waals surface area contributed by atoms with E-state index in [1.165, 1.54) is 34.7 Å². The van der Waals surface area contributed by atoms with E-state index < -0.39 is 0 Å². The molecule has 7 heteroatoms. The van der Waals surface area contributed by atoms with Gasteiger partial charge in [0.2, 0.25) is 0 Å². The summed E-state index contributed by atoms with van der Waals surface area (Å²) in [6, 6.07) is 15.5. The first-order valence-corrected chi connectivity index (χ1v) is 15.5. The molecule has 0 fully saturated rings. The summed E-state index contributed by atoms with van der Waals surface area (Å²) in [5.41, 5.74) is 5.30. The maximum Gasteiger partial charge on any atom is 0.116 e. The number of likely N-dealkylation sites (N-methyl/N-ethyl adjacent to an activating group) is 1. The molecule has 1 aliphatic carbocycles. The zero-order valence-corrected chi connectivity index (χ0v) is 27.3. The van der Waals surface area contributed by atoms with Crippen LogP contribution in [0.25, 0.3) is 10.9 Å². The highest BCUT2D eigenvalue weighted by atomic mass is 35.5. The number of benzene rings is 2. The maximum absolute atomic E-state index is 8.81. The summed E-state index contributed by atoms with van der Waals surface area (Å²) >= 11 is 17.1. The second-order valence-electron chi connectivity index (χ2n) is 9.16. The molecular formula is C34H45Cl3N2O2. The number of halogens is 3. The lowest BCUT2D eigenvalue weighted by Crippen LogP contribution is -2.26. The Kier molecular flexibility index (Phi) is 19.7. The van der Waals surface area contributed by atoms with Crippen LogP contribution >= 0.6 is 34.8 Å². The summed E-state index contributed by atoms with van der Waals surface area (Å²) in [5, 5.41) is 2.91. The van der Waals surface area contributed by atoms with Crippen molar-refractivity contribution < 1.29 is 9.53 Å². The Hall–Kier alpha value is -2.50. The smallest absolute Gasteiger partial charge is 0.116 e. The van der Waals surface area contributed by atoms with Crippen molar-refractivity contribution in [1.82, 2.24) is 9.88 Å². The average Bonchev–Trinajstić information content (AvgIpc) is 3.18. The quantitative estimate of drug-likeness (QED) is 0.176. The second-order valence-corrected chi connectivity index (χ2v) is 10.4.